The van der Waals surface area contributed by atoms with Crippen molar-refractivity contribution in [3.05, 3.63) is 106 Å². The van der Waals surface area contributed by atoms with Gasteiger partial charge in [0.15, 0.2) is 0 Å². The van der Waals surface area contributed by atoms with Gasteiger partial charge in [0.05, 0.1) is 5.25 Å². The Morgan fingerprint density at radius 3 is 2.33 bits per heavy atom. The molecule has 3 aromatic rings. The van der Waals surface area contributed by atoms with Crippen molar-refractivity contribution in [3.8, 4) is 6.07 Å². The van der Waals surface area contributed by atoms with Gasteiger partial charge in [-0.05, 0) is 72.7 Å². The Kier molecular flexibility index (Phi) is 7.61. The summed E-state index contributed by atoms with van der Waals surface area (Å²) in [6.45, 7) is 8.33. The first-order valence-electron chi connectivity index (χ1n) is 12.0. The Bertz CT molecular complexity index is 1360. The number of hydrogen-bond donors (Lipinski definition) is 1. The van der Waals surface area contributed by atoms with Gasteiger partial charge in [-0.2, -0.15) is 5.26 Å². The zero-order valence-corrected chi connectivity index (χ0v) is 21.7. The number of para-hydroxylation sites is 1. The first-order chi connectivity index (χ1) is 17.3. The van der Waals surface area contributed by atoms with Crippen molar-refractivity contribution in [2.24, 2.45) is 0 Å². The van der Waals surface area contributed by atoms with Crippen molar-refractivity contribution < 1.29 is 9.59 Å². The van der Waals surface area contributed by atoms with E-state index in [2.05, 4.69) is 51.2 Å². The van der Waals surface area contributed by atoms with Gasteiger partial charge in [-0.3, -0.25) is 14.5 Å². The quantitative estimate of drug-likeness (QED) is 0.313. The number of hydrogen-bond acceptors (Lipinski definition) is 4. The Labute approximate surface area is 216 Å². The molecule has 1 unspecified atom stereocenters. The number of benzene rings is 3. The van der Waals surface area contributed by atoms with Crippen LogP contribution in [-0.2, 0) is 16.0 Å². The molecule has 0 saturated carbocycles. The minimum Gasteiger partial charge on any atom is -0.321 e. The average molecular weight is 496 g/mol. The average Bonchev–Trinajstić information content (AvgIpc) is 3.17. The van der Waals surface area contributed by atoms with E-state index >= 15 is 0 Å². The van der Waals surface area contributed by atoms with E-state index in [4.69, 9.17) is 0 Å². The van der Waals surface area contributed by atoms with Crippen LogP contribution in [0.3, 0.4) is 0 Å². The van der Waals surface area contributed by atoms with Gasteiger partial charge in [-0.15, -0.1) is 0 Å². The number of nitrogens with one attached hydrogen (secondary N) is 1. The SMILES string of the molecule is Cc1ccc(CC2S/C(=C(/C#N)C(=O)Nc3ccccc3)N(c3ccc(C(C)C)cc3)C2=O)cc1C. The summed E-state index contributed by atoms with van der Waals surface area (Å²) in [5.74, 6) is -0.318. The van der Waals surface area contributed by atoms with Gasteiger partial charge >= 0.3 is 0 Å². The summed E-state index contributed by atoms with van der Waals surface area (Å²) in [5, 5.41) is 12.7. The molecule has 1 atom stereocenters. The normalized spacial score (nSPS) is 16.7. The number of carbonyl (C=O) groups excluding carboxylic acids is 2. The predicted molar refractivity (Wildman–Crippen MR) is 147 cm³/mol. The van der Waals surface area contributed by atoms with E-state index in [1.807, 2.05) is 48.5 Å². The first-order valence-corrected chi connectivity index (χ1v) is 12.8. The van der Waals surface area contributed by atoms with E-state index in [9.17, 15) is 14.9 Å². The molecule has 0 spiro atoms. The molecular formula is C30H29N3O2S. The van der Waals surface area contributed by atoms with E-state index in [0.29, 0.717) is 28.7 Å². The van der Waals surface area contributed by atoms with Crippen LogP contribution in [0.1, 0.15) is 42.0 Å². The summed E-state index contributed by atoms with van der Waals surface area (Å²) < 4.78 is 0. The zero-order valence-electron chi connectivity index (χ0n) is 20.9. The third-order valence-electron chi connectivity index (χ3n) is 6.35. The Morgan fingerprint density at radius 2 is 1.72 bits per heavy atom. The molecule has 1 saturated heterocycles. The van der Waals surface area contributed by atoms with Crippen molar-refractivity contribution in [1.29, 1.82) is 5.26 Å². The molecule has 182 valence electrons. The van der Waals surface area contributed by atoms with Crippen LogP contribution >= 0.6 is 11.8 Å². The van der Waals surface area contributed by atoms with Crippen LogP contribution in [0.2, 0.25) is 0 Å². The minimum absolute atomic E-state index is 0.0762. The van der Waals surface area contributed by atoms with Crippen molar-refractivity contribution in [2.45, 2.75) is 45.3 Å². The fourth-order valence-corrected chi connectivity index (χ4v) is 5.40. The van der Waals surface area contributed by atoms with Gasteiger partial charge in [0, 0.05) is 11.4 Å². The molecule has 1 aliphatic heterocycles. The molecule has 6 heteroatoms. The maximum absolute atomic E-state index is 13.7. The highest BCUT2D eigenvalue weighted by Gasteiger charge is 2.40. The molecule has 0 aliphatic carbocycles. The van der Waals surface area contributed by atoms with E-state index < -0.39 is 11.2 Å². The third-order valence-corrected chi connectivity index (χ3v) is 7.61. The van der Waals surface area contributed by atoms with Crippen LogP contribution in [0.4, 0.5) is 11.4 Å². The largest absolute Gasteiger partial charge is 0.321 e. The molecule has 5 nitrogen and oxygen atoms in total. The van der Waals surface area contributed by atoms with E-state index in [-0.39, 0.29) is 11.5 Å². The zero-order chi connectivity index (χ0) is 25.8. The lowest BCUT2D eigenvalue weighted by molar-refractivity contribution is -0.117. The number of anilines is 2. The second-order valence-corrected chi connectivity index (χ2v) is 10.5. The number of amides is 2. The summed E-state index contributed by atoms with van der Waals surface area (Å²) in [4.78, 5) is 28.4. The van der Waals surface area contributed by atoms with Gasteiger partial charge < -0.3 is 5.32 Å². The standard InChI is InChI=1S/C30H29N3O2S/c1-19(2)23-12-14-25(15-13-23)33-29(35)27(17-22-11-10-20(3)21(4)16-22)36-30(33)26(18-31)28(34)32-24-8-6-5-7-9-24/h5-16,19,27H,17H2,1-4H3,(H,32,34)/b30-26-. The Hall–Kier alpha value is -3.82. The Morgan fingerprint density at radius 1 is 1.03 bits per heavy atom. The number of thioether (sulfide) groups is 1. The molecule has 1 heterocycles. The van der Waals surface area contributed by atoms with Crippen molar-refractivity contribution >= 4 is 35.0 Å². The summed E-state index contributed by atoms with van der Waals surface area (Å²) >= 11 is 1.28. The number of nitriles is 1. The number of aryl methyl sites for hydroxylation is 2. The van der Waals surface area contributed by atoms with Gasteiger partial charge in [-0.1, -0.05) is 74.1 Å². The van der Waals surface area contributed by atoms with Crippen LogP contribution in [0.25, 0.3) is 0 Å². The molecule has 0 bridgehead atoms. The van der Waals surface area contributed by atoms with Gasteiger partial charge in [0.25, 0.3) is 5.91 Å². The lowest BCUT2D eigenvalue weighted by atomic mass is 10.0. The highest BCUT2D eigenvalue weighted by Crippen LogP contribution is 2.42. The highest BCUT2D eigenvalue weighted by molar-refractivity contribution is 8.05. The monoisotopic (exact) mass is 495 g/mol. The number of nitrogens with zero attached hydrogens (tertiary/aromatic N) is 2. The van der Waals surface area contributed by atoms with Crippen molar-refractivity contribution in [2.75, 3.05) is 10.2 Å². The number of rotatable bonds is 6. The predicted octanol–water partition coefficient (Wildman–Crippen LogP) is 6.49. The molecule has 2 amide bonds. The summed E-state index contributed by atoms with van der Waals surface area (Å²) in [5.41, 5.74) is 5.72. The van der Waals surface area contributed by atoms with E-state index in [1.54, 1.807) is 12.1 Å². The summed E-state index contributed by atoms with van der Waals surface area (Å²) in [6.07, 6.45) is 0.508. The molecule has 1 fully saturated rings. The molecular weight excluding hydrogens is 466 g/mol. The topological polar surface area (TPSA) is 73.2 Å². The van der Waals surface area contributed by atoms with E-state index in [1.165, 1.54) is 27.8 Å². The summed E-state index contributed by atoms with van der Waals surface area (Å²) in [7, 11) is 0. The van der Waals surface area contributed by atoms with Crippen LogP contribution < -0.4 is 10.2 Å². The van der Waals surface area contributed by atoms with Crippen LogP contribution in [0.15, 0.2) is 83.4 Å². The second kappa shape index (κ2) is 10.8. The molecule has 3 aromatic carbocycles. The van der Waals surface area contributed by atoms with Crippen LogP contribution in [0, 0.1) is 25.2 Å². The number of carbonyl (C=O) groups is 2. The molecule has 0 aromatic heterocycles. The smallest absolute Gasteiger partial charge is 0.269 e. The fraction of sp³-hybridized carbons (Fsp3) is 0.233. The first kappa shape index (κ1) is 25.3. The van der Waals surface area contributed by atoms with Gasteiger partial charge in [0.1, 0.15) is 16.7 Å². The molecule has 36 heavy (non-hydrogen) atoms. The molecule has 1 aliphatic rings. The van der Waals surface area contributed by atoms with Gasteiger partial charge in [0.2, 0.25) is 5.91 Å². The lowest BCUT2D eigenvalue weighted by Gasteiger charge is -2.19. The fourth-order valence-electron chi connectivity index (χ4n) is 4.09. The lowest BCUT2D eigenvalue weighted by Crippen LogP contribution is -2.31. The van der Waals surface area contributed by atoms with Gasteiger partial charge in [-0.25, -0.2) is 0 Å². The summed E-state index contributed by atoms with van der Waals surface area (Å²) in [6, 6.07) is 25.0. The molecule has 1 N–H and O–H groups in total. The molecule has 0 radical (unpaired) electrons. The Balaban J connectivity index is 1.73. The highest BCUT2D eigenvalue weighted by atomic mass is 32.2. The maximum atomic E-state index is 13.7. The minimum atomic E-state index is -0.533. The van der Waals surface area contributed by atoms with Crippen LogP contribution in [-0.4, -0.2) is 17.1 Å². The third kappa shape index (κ3) is 5.37. The molecule has 4 rings (SSSR count). The van der Waals surface area contributed by atoms with Crippen molar-refractivity contribution in [3.63, 3.8) is 0 Å². The van der Waals surface area contributed by atoms with Crippen molar-refractivity contribution in [1.82, 2.24) is 0 Å². The maximum Gasteiger partial charge on any atom is 0.269 e. The van der Waals surface area contributed by atoms with Crippen LogP contribution in [0.5, 0.6) is 0 Å². The second-order valence-electron chi connectivity index (χ2n) is 9.26. The van der Waals surface area contributed by atoms with E-state index in [0.717, 1.165) is 11.1 Å².